The number of halogens is 1. The van der Waals surface area contributed by atoms with E-state index in [4.69, 9.17) is 11.6 Å². The number of aromatic nitrogens is 3. The van der Waals surface area contributed by atoms with Crippen LogP contribution in [0.5, 0.6) is 5.75 Å². The van der Waals surface area contributed by atoms with Crippen molar-refractivity contribution in [1.82, 2.24) is 14.1 Å². The van der Waals surface area contributed by atoms with Crippen LogP contribution < -0.4 is 5.43 Å². The normalized spacial score (nSPS) is 15.2. The highest BCUT2D eigenvalue weighted by Gasteiger charge is 2.35. The highest BCUT2D eigenvalue weighted by Crippen LogP contribution is 2.43. The summed E-state index contributed by atoms with van der Waals surface area (Å²) in [5.74, 6) is 0.187. The van der Waals surface area contributed by atoms with Crippen molar-refractivity contribution in [3.8, 4) is 17.3 Å². The summed E-state index contributed by atoms with van der Waals surface area (Å²) in [6.07, 6.45) is 3.30. The van der Waals surface area contributed by atoms with Crippen molar-refractivity contribution >= 4 is 11.6 Å². The Morgan fingerprint density at radius 2 is 1.62 bits per heavy atom. The van der Waals surface area contributed by atoms with Crippen molar-refractivity contribution in [2.45, 2.75) is 18.5 Å². The molecule has 0 amide bonds. The maximum atomic E-state index is 12.2. The molecule has 0 radical (unpaired) electrons. The molecular formula is C23H18ClN3O2. The first-order valence-corrected chi connectivity index (χ1v) is 9.78. The zero-order chi connectivity index (χ0) is 20.0. The molecule has 0 spiro atoms. The van der Waals surface area contributed by atoms with E-state index in [1.165, 1.54) is 6.07 Å². The van der Waals surface area contributed by atoms with Crippen molar-refractivity contribution in [2.75, 3.05) is 0 Å². The molecule has 0 fully saturated rings. The van der Waals surface area contributed by atoms with Crippen molar-refractivity contribution < 1.29 is 5.11 Å². The SMILES string of the molecule is O=c1ccn2c(c1O)-c1ncc(Cl)n1C[C@@H]2C(c1ccccc1)c1ccccc1. The molecule has 1 N–H and O–H groups in total. The Hall–Kier alpha value is -3.31. The van der Waals surface area contributed by atoms with Gasteiger partial charge < -0.3 is 14.2 Å². The summed E-state index contributed by atoms with van der Waals surface area (Å²) in [5.41, 5.74) is 2.26. The van der Waals surface area contributed by atoms with E-state index in [-0.39, 0.29) is 17.7 Å². The first-order valence-electron chi connectivity index (χ1n) is 9.40. The maximum Gasteiger partial charge on any atom is 0.223 e. The monoisotopic (exact) mass is 403 g/mol. The second-order valence-electron chi connectivity index (χ2n) is 7.17. The maximum absolute atomic E-state index is 12.2. The van der Waals surface area contributed by atoms with E-state index in [0.29, 0.717) is 23.2 Å². The molecule has 6 heteroatoms. The predicted molar refractivity (Wildman–Crippen MR) is 112 cm³/mol. The van der Waals surface area contributed by atoms with Crippen LogP contribution in [0.2, 0.25) is 5.15 Å². The first-order chi connectivity index (χ1) is 14.1. The van der Waals surface area contributed by atoms with Gasteiger partial charge in [0.1, 0.15) is 10.8 Å². The molecule has 3 heterocycles. The summed E-state index contributed by atoms with van der Waals surface area (Å²) < 4.78 is 3.82. The van der Waals surface area contributed by atoms with Crippen LogP contribution >= 0.6 is 11.6 Å². The molecule has 144 valence electrons. The van der Waals surface area contributed by atoms with Gasteiger partial charge >= 0.3 is 0 Å². The summed E-state index contributed by atoms with van der Waals surface area (Å²) in [5, 5.41) is 11.1. The van der Waals surface area contributed by atoms with Crippen LogP contribution in [0, 0.1) is 0 Å². The van der Waals surface area contributed by atoms with E-state index >= 15 is 0 Å². The van der Waals surface area contributed by atoms with E-state index in [2.05, 4.69) is 29.2 Å². The Balaban J connectivity index is 1.78. The number of pyridine rings is 1. The van der Waals surface area contributed by atoms with Gasteiger partial charge in [-0.05, 0) is 11.1 Å². The molecule has 2 aromatic carbocycles. The second kappa shape index (κ2) is 6.94. The number of imidazole rings is 1. The number of benzene rings is 2. The zero-order valence-corrected chi connectivity index (χ0v) is 16.2. The number of hydrogen-bond donors (Lipinski definition) is 1. The van der Waals surface area contributed by atoms with Gasteiger partial charge in [0.25, 0.3) is 0 Å². The summed E-state index contributed by atoms with van der Waals surface area (Å²) in [6, 6.07) is 21.8. The molecule has 0 bridgehead atoms. The van der Waals surface area contributed by atoms with Crippen LogP contribution in [0.4, 0.5) is 0 Å². The Kier molecular flexibility index (Phi) is 4.25. The van der Waals surface area contributed by atoms with Crippen LogP contribution in [0.25, 0.3) is 11.5 Å². The van der Waals surface area contributed by atoms with Crippen LogP contribution in [-0.4, -0.2) is 19.2 Å². The summed E-state index contributed by atoms with van der Waals surface area (Å²) in [7, 11) is 0. The molecule has 29 heavy (non-hydrogen) atoms. The smallest absolute Gasteiger partial charge is 0.223 e. The Morgan fingerprint density at radius 3 is 2.24 bits per heavy atom. The molecule has 0 saturated carbocycles. The average Bonchev–Trinajstić information content (AvgIpc) is 3.13. The molecule has 0 aliphatic carbocycles. The van der Waals surface area contributed by atoms with Crippen LogP contribution in [0.1, 0.15) is 23.1 Å². The molecule has 0 unspecified atom stereocenters. The molecular weight excluding hydrogens is 386 g/mol. The third kappa shape index (κ3) is 2.86. The minimum absolute atomic E-state index is 0.00957. The number of fused-ring (bicyclic) bond motifs is 3. The van der Waals surface area contributed by atoms with Gasteiger partial charge in [-0.25, -0.2) is 4.98 Å². The lowest BCUT2D eigenvalue weighted by Gasteiger charge is -2.36. The quantitative estimate of drug-likeness (QED) is 0.549. The topological polar surface area (TPSA) is 60.1 Å². The predicted octanol–water partition coefficient (Wildman–Crippen LogP) is 4.46. The number of aromatic hydroxyl groups is 1. The lowest BCUT2D eigenvalue weighted by atomic mass is 9.84. The summed E-state index contributed by atoms with van der Waals surface area (Å²) in [6.45, 7) is 0.567. The first kappa shape index (κ1) is 17.8. The number of rotatable bonds is 3. The Labute approximate surface area is 172 Å². The Bertz CT molecular complexity index is 1190. The number of nitrogens with zero attached hydrogens (tertiary/aromatic N) is 3. The summed E-state index contributed by atoms with van der Waals surface area (Å²) in [4.78, 5) is 16.5. The van der Waals surface area contributed by atoms with E-state index in [9.17, 15) is 9.90 Å². The van der Waals surface area contributed by atoms with Crippen LogP contribution in [0.3, 0.4) is 0 Å². The fraction of sp³-hybridized carbons (Fsp3) is 0.130. The lowest BCUT2D eigenvalue weighted by Crippen LogP contribution is -2.30. The molecule has 5 nitrogen and oxygen atoms in total. The second-order valence-corrected chi connectivity index (χ2v) is 7.55. The van der Waals surface area contributed by atoms with Gasteiger partial charge in [0, 0.05) is 24.7 Å². The fourth-order valence-electron chi connectivity index (χ4n) is 4.25. The highest BCUT2D eigenvalue weighted by molar-refractivity contribution is 6.29. The van der Waals surface area contributed by atoms with Gasteiger partial charge in [0.05, 0.1) is 12.2 Å². The van der Waals surface area contributed by atoms with E-state index in [1.807, 2.05) is 45.5 Å². The minimum Gasteiger partial charge on any atom is -0.503 e. The molecule has 4 aromatic rings. The minimum atomic E-state index is -0.432. The van der Waals surface area contributed by atoms with Crippen molar-refractivity contribution in [1.29, 1.82) is 0 Å². The highest BCUT2D eigenvalue weighted by atomic mass is 35.5. The van der Waals surface area contributed by atoms with Gasteiger partial charge in [0.15, 0.2) is 11.6 Å². The van der Waals surface area contributed by atoms with E-state index in [1.54, 1.807) is 12.4 Å². The fourth-order valence-corrected chi connectivity index (χ4v) is 4.45. The van der Waals surface area contributed by atoms with E-state index in [0.717, 1.165) is 11.1 Å². The third-order valence-corrected chi connectivity index (χ3v) is 5.85. The largest absolute Gasteiger partial charge is 0.503 e. The molecule has 1 aliphatic heterocycles. The Morgan fingerprint density at radius 1 is 1.00 bits per heavy atom. The van der Waals surface area contributed by atoms with Gasteiger partial charge in [0.2, 0.25) is 5.43 Å². The van der Waals surface area contributed by atoms with Gasteiger partial charge in [-0.3, -0.25) is 4.79 Å². The molecule has 1 atom stereocenters. The zero-order valence-electron chi connectivity index (χ0n) is 15.4. The molecule has 1 aliphatic rings. The summed E-state index contributed by atoms with van der Waals surface area (Å²) >= 11 is 6.41. The average molecular weight is 404 g/mol. The van der Waals surface area contributed by atoms with Gasteiger partial charge in [-0.15, -0.1) is 0 Å². The van der Waals surface area contributed by atoms with Crippen molar-refractivity contribution in [3.05, 3.63) is 106 Å². The van der Waals surface area contributed by atoms with Gasteiger partial charge in [-0.2, -0.15) is 0 Å². The standard InChI is InChI=1S/C23H18ClN3O2/c24-19-13-25-23-21-22(29)18(28)11-12-26(21)17(14-27(19)23)20(15-7-3-1-4-8-15)16-9-5-2-6-10-16/h1-13,17,20,29H,14H2/t17-/m1/s1. The third-order valence-electron chi connectivity index (χ3n) is 5.55. The van der Waals surface area contributed by atoms with E-state index < -0.39 is 5.43 Å². The molecule has 0 saturated heterocycles. The van der Waals surface area contributed by atoms with Crippen LogP contribution in [-0.2, 0) is 6.54 Å². The van der Waals surface area contributed by atoms with Gasteiger partial charge in [-0.1, -0.05) is 72.3 Å². The molecule has 5 rings (SSSR count). The lowest BCUT2D eigenvalue weighted by molar-refractivity contribution is 0.364. The number of hydrogen-bond acceptors (Lipinski definition) is 3. The molecule has 2 aromatic heterocycles. The van der Waals surface area contributed by atoms with Crippen LogP contribution in [0.15, 0.2) is 83.9 Å². The van der Waals surface area contributed by atoms with Crippen molar-refractivity contribution in [3.63, 3.8) is 0 Å². The van der Waals surface area contributed by atoms with Crippen molar-refractivity contribution in [2.24, 2.45) is 0 Å².